The molecule has 0 saturated carbocycles. The van der Waals surface area contributed by atoms with E-state index < -0.39 is 0 Å². The average Bonchev–Trinajstić information content (AvgIpc) is 2.35. The lowest BCUT2D eigenvalue weighted by Crippen LogP contribution is -2.01. The second kappa shape index (κ2) is 11.3. The van der Waals surface area contributed by atoms with Crippen LogP contribution >= 0.6 is 0 Å². The molecule has 1 atom stereocenters. The first-order valence-electron chi connectivity index (χ1n) is 7.40. The predicted octanol–water partition coefficient (Wildman–Crippen LogP) is 4.52. The van der Waals surface area contributed by atoms with Gasteiger partial charge >= 0.3 is 5.97 Å². The first kappa shape index (κ1) is 18.5. The molecule has 0 aromatic carbocycles. The molecule has 0 aromatic heterocycles. The molecule has 112 valence electrons. The maximum Gasteiger partial charge on any atom is 0.331 e. The van der Waals surface area contributed by atoms with Gasteiger partial charge in [-0.15, -0.1) is 6.42 Å². The summed E-state index contributed by atoms with van der Waals surface area (Å²) in [5, 5.41) is 0. The first-order valence-corrected chi connectivity index (χ1v) is 7.40. The van der Waals surface area contributed by atoms with Gasteiger partial charge < -0.3 is 4.74 Å². The van der Waals surface area contributed by atoms with E-state index in [0.717, 1.165) is 17.9 Å². The molecule has 0 amide bonds. The summed E-state index contributed by atoms with van der Waals surface area (Å²) in [5.41, 5.74) is 0.890. The summed E-state index contributed by atoms with van der Waals surface area (Å²) in [6, 6.07) is 0. The molecular weight excluding hydrogens is 248 g/mol. The molecule has 0 radical (unpaired) electrons. The van der Waals surface area contributed by atoms with Crippen molar-refractivity contribution < 1.29 is 9.53 Å². The minimum Gasteiger partial charge on any atom is -0.449 e. The van der Waals surface area contributed by atoms with Crippen LogP contribution in [0, 0.1) is 24.2 Å². The maximum absolute atomic E-state index is 11.3. The highest BCUT2D eigenvalue weighted by Crippen LogP contribution is 2.15. The molecule has 0 fully saturated rings. The summed E-state index contributed by atoms with van der Waals surface area (Å²) in [4.78, 5) is 11.3. The van der Waals surface area contributed by atoms with Crippen LogP contribution in [0.2, 0.25) is 0 Å². The van der Waals surface area contributed by atoms with Crippen LogP contribution in [-0.2, 0) is 9.53 Å². The average molecular weight is 276 g/mol. The van der Waals surface area contributed by atoms with Gasteiger partial charge in [0.2, 0.25) is 0 Å². The number of hydrogen-bond acceptors (Lipinski definition) is 2. The molecule has 0 heterocycles. The van der Waals surface area contributed by atoms with E-state index in [2.05, 4.69) is 32.8 Å². The molecule has 0 aliphatic heterocycles. The van der Waals surface area contributed by atoms with E-state index in [-0.39, 0.29) is 12.6 Å². The van der Waals surface area contributed by atoms with E-state index in [1.807, 2.05) is 13.0 Å². The molecular formula is C18H28O2. The summed E-state index contributed by atoms with van der Waals surface area (Å²) in [7, 11) is 0. The van der Waals surface area contributed by atoms with E-state index >= 15 is 0 Å². The van der Waals surface area contributed by atoms with Crippen LogP contribution in [0.5, 0.6) is 0 Å². The van der Waals surface area contributed by atoms with E-state index in [9.17, 15) is 4.79 Å². The van der Waals surface area contributed by atoms with Crippen molar-refractivity contribution in [3.05, 3.63) is 23.8 Å². The molecule has 20 heavy (non-hydrogen) atoms. The van der Waals surface area contributed by atoms with Gasteiger partial charge in [-0.2, -0.15) is 0 Å². The Bertz CT molecular complexity index is 369. The van der Waals surface area contributed by atoms with E-state index in [4.69, 9.17) is 11.2 Å². The van der Waals surface area contributed by atoms with Crippen molar-refractivity contribution in [3.63, 3.8) is 0 Å². The van der Waals surface area contributed by atoms with Crippen molar-refractivity contribution in [2.45, 2.75) is 53.4 Å². The molecule has 0 spiro atoms. The maximum atomic E-state index is 11.3. The quantitative estimate of drug-likeness (QED) is 0.268. The van der Waals surface area contributed by atoms with Gasteiger partial charge in [-0.1, -0.05) is 58.1 Å². The largest absolute Gasteiger partial charge is 0.449 e. The standard InChI is InChI=1S/C18H28O2/c1-6-13-20-18(19)14-17(5)12-8-11-16(4)10-7-9-15(2)3/h1,8,12,14-16H,7,9-11,13H2,2-5H3/b12-8+,17-14-. The fourth-order valence-corrected chi connectivity index (χ4v) is 1.87. The monoisotopic (exact) mass is 276 g/mol. The van der Waals surface area contributed by atoms with Gasteiger partial charge in [0, 0.05) is 6.08 Å². The number of allylic oxidation sites excluding steroid dienone is 3. The van der Waals surface area contributed by atoms with Crippen molar-refractivity contribution in [2.75, 3.05) is 6.61 Å². The Morgan fingerprint density at radius 3 is 2.60 bits per heavy atom. The third kappa shape index (κ3) is 11.6. The molecule has 0 saturated heterocycles. The topological polar surface area (TPSA) is 26.3 Å². The third-order valence-electron chi connectivity index (χ3n) is 3.04. The predicted molar refractivity (Wildman–Crippen MR) is 85.2 cm³/mol. The zero-order valence-corrected chi connectivity index (χ0v) is 13.3. The molecule has 0 aliphatic rings. The Kier molecular flexibility index (Phi) is 10.5. The normalized spacial score (nSPS) is 13.5. The first-order chi connectivity index (χ1) is 9.45. The van der Waals surface area contributed by atoms with Crippen molar-refractivity contribution in [2.24, 2.45) is 11.8 Å². The van der Waals surface area contributed by atoms with Crippen LogP contribution in [0.15, 0.2) is 23.8 Å². The molecule has 0 aliphatic carbocycles. The highest BCUT2D eigenvalue weighted by atomic mass is 16.5. The summed E-state index contributed by atoms with van der Waals surface area (Å²) in [6.07, 6.45) is 15.5. The Hall–Kier alpha value is -1.49. The number of hydrogen-bond donors (Lipinski definition) is 0. The molecule has 1 unspecified atom stereocenters. The number of ether oxygens (including phenoxy) is 1. The molecule has 0 N–H and O–H groups in total. The lowest BCUT2D eigenvalue weighted by molar-refractivity contribution is -0.136. The molecule has 2 heteroatoms. The van der Waals surface area contributed by atoms with Crippen molar-refractivity contribution in [1.29, 1.82) is 0 Å². The lowest BCUT2D eigenvalue weighted by atomic mass is 9.97. The van der Waals surface area contributed by atoms with E-state index in [0.29, 0.717) is 5.92 Å². The smallest absolute Gasteiger partial charge is 0.331 e. The summed E-state index contributed by atoms with van der Waals surface area (Å²) >= 11 is 0. The number of terminal acetylenes is 1. The Morgan fingerprint density at radius 1 is 1.30 bits per heavy atom. The fraction of sp³-hybridized carbons (Fsp3) is 0.611. The zero-order chi connectivity index (χ0) is 15.4. The highest BCUT2D eigenvalue weighted by Gasteiger charge is 2.01. The fourth-order valence-electron chi connectivity index (χ4n) is 1.87. The number of esters is 1. The second-order valence-electron chi connectivity index (χ2n) is 5.77. The minimum atomic E-state index is -0.380. The summed E-state index contributed by atoms with van der Waals surface area (Å²) in [6.45, 7) is 8.71. The molecule has 0 rings (SSSR count). The minimum absolute atomic E-state index is 0.0270. The van der Waals surface area contributed by atoms with Gasteiger partial charge in [0.1, 0.15) is 0 Å². The van der Waals surface area contributed by atoms with Gasteiger partial charge in [-0.3, -0.25) is 0 Å². The van der Waals surface area contributed by atoms with Crippen molar-refractivity contribution in [1.82, 2.24) is 0 Å². The molecule has 0 aromatic rings. The number of carbonyl (C=O) groups excluding carboxylic acids is 1. The highest BCUT2D eigenvalue weighted by molar-refractivity contribution is 5.83. The van der Waals surface area contributed by atoms with Gasteiger partial charge in [0.25, 0.3) is 0 Å². The Labute approximate surface area is 124 Å². The van der Waals surface area contributed by atoms with Crippen LogP contribution in [0.3, 0.4) is 0 Å². The second-order valence-corrected chi connectivity index (χ2v) is 5.77. The van der Waals surface area contributed by atoms with Crippen LogP contribution in [-0.4, -0.2) is 12.6 Å². The molecule has 2 nitrogen and oxygen atoms in total. The van der Waals surface area contributed by atoms with Gasteiger partial charge in [0.15, 0.2) is 6.61 Å². The number of carbonyl (C=O) groups is 1. The molecule has 0 bridgehead atoms. The zero-order valence-electron chi connectivity index (χ0n) is 13.3. The SMILES string of the molecule is C#CCOC(=O)/C=C(C)\C=C\CC(C)CCCC(C)C. The van der Waals surface area contributed by atoms with Crippen molar-refractivity contribution in [3.8, 4) is 12.3 Å². The van der Waals surface area contributed by atoms with Crippen LogP contribution < -0.4 is 0 Å². The summed E-state index contributed by atoms with van der Waals surface area (Å²) < 4.78 is 4.78. The Morgan fingerprint density at radius 2 is 2.00 bits per heavy atom. The lowest BCUT2D eigenvalue weighted by Gasteiger charge is -2.09. The van der Waals surface area contributed by atoms with Gasteiger partial charge in [0.05, 0.1) is 0 Å². The van der Waals surface area contributed by atoms with Crippen LogP contribution in [0.4, 0.5) is 0 Å². The van der Waals surface area contributed by atoms with Gasteiger partial charge in [-0.25, -0.2) is 4.79 Å². The van der Waals surface area contributed by atoms with E-state index in [1.165, 1.54) is 25.3 Å². The summed E-state index contributed by atoms with van der Waals surface area (Å²) in [5.74, 6) is 3.36. The van der Waals surface area contributed by atoms with Crippen LogP contribution in [0.1, 0.15) is 53.4 Å². The third-order valence-corrected chi connectivity index (χ3v) is 3.04. The van der Waals surface area contributed by atoms with Crippen molar-refractivity contribution >= 4 is 5.97 Å². The van der Waals surface area contributed by atoms with Crippen LogP contribution in [0.25, 0.3) is 0 Å². The van der Waals surface area contributed by atoms with E-state index in [1.54, 1.807) is 0 Å². The Balaban J connectivity index is 3.95. The number of rotatable bonds is 9. The van der Waals surface area contributed by atoms with Gasteiger partial charge in [-0.05, 0) is 30.8 Å².